The third kappa shape index (κ3) is 2.73. The predicted molar refractivity (Wildman–Crippen MR) is 61.5 cm³/mol. The molecular weight excluding hydrogens is 238 g/mol. The molecule has 0 N–H and O–H groups in total. The van der Waals surface area contributed by atoms with Crippen LogP contribution in [-0.2, 0) is 6.61 Å². The molecule has 0 saturated carbocycles. The largest absolute Gasteiger partial charge is 0.486 e. The summed E-state index contributed by atoms with van der Waals surface area (Å²) in [5, 5.41) is 10.4. The van der Waals surface area contributed by atoms with Crippen LogP contribution >= 0.6 is 0 Å². The molecule has 0 radical (unpaired) electrons. The number of furan rings is 1. The van der Waals surface area contributed by atoms with Crippen molar-refractivity contribution in [1.29, 1.82) is 0 Å². The lowest BCUT2D eigenvalue weighted by atomic mass is 10.2. The van der Waals surface area contributed by atoms with E-state index in [4.69, 9.17) is 9.15 Å². The SMILES string of the molecule is O=Cc1ccc(OCc2ccc([N+](=O)[O-])o2)cc1. The first-order chi connectivity index (χ1) is 8.69. The number of carbonyl (C=O) groups excluding carboxylic acids is 1. The van der Waals surface area contributed by atoms with E-state index in [9.17, 15) is 14.9 Å². The van der Waals surface area contributed by atoms with Crippen LogP contribution in [0.1, 0.15) is 16.1 Å². The Hall–Kier alpha value is -2.63. The number of rotatable bonds is 5. The van der Waals surface area contributed by atoms with Crippen LogP contribution in [0.25, 0.3) is 0 Å². The van der Waals surface area contributed by atoms with Crippen LogP contribution in [-0.4, -0.2) is 11.2 Å². The standard InChI is InChI=1S/C12H9NO5/c14-7-9-1-3-10(4-2-9)17-8-11-5-6-12(18-11)13(15)16/h1-7H,8H2. The molecule has 0 saturated heterocycles. The molecule has 18 heavy (non-hydrogen) atoms. The van der Waals surface area contributed by atoms with Gasteiger partial charge in [-0.15, -0.1) is 0 Å². The second kappa shape index (κ2) is 5.13. The molecule has 1 aromatic heterocycles. The van der Waals surface area contributed by atoms with Gasteiger partial charge in [-0.25, -0.2) is 0 Å². The predicted octanol–water partition coefficient (Wildman–Crippen LogP) is 2.58. The Bertz CT molecular complexity index is 558. The van der Waals surface area contributed by atoms with Gasteiger partial charge >= 0.3 is 5.88 Å². The van der Waals surface area contributed by atoms with Crippen LogP contribution in [0, 0.1) is 10.1 Å². The molecule has 0 amide bonds. The minimum Gasteiger partial charge on any atom is -0.486 e. The molecule has 0 aliphatic carbocycles. The van der Waals surface area contributed by atoms with Crippen molar-refractivity contribution in [2.24, 2.45) is 0 Å². The lowest BCUT2D eigenvalue weighted by Crippen LogP contribution is -1.94. The summed E-state index contributed by atoms with van der Waals surface area (Å²) in [6.45, 7) is 0.0915. The van der Waals surface area contributed by atoms with Gasteiger partial charge in [0.25, 0.3) is 0 Å². The highest BCUT2D eigenvalue weighted by molar-refractivity contribution is 5.74. The van der Waals surface area contributed by atoms with Crippen molar-refractivity contribution >= 4 is 12.2 Å². The van der Waals surface area contributed by atoms with Crippen molar-refractivity contribution in [3.63, 3.8) is 0 Å². The van der Waals surface area contributed by atoms with Gasteiger partial charge in [-0.3, -0.25) is 14.9 Å². The zero-order chi connectivity index (χ0) is 13.0. The van der Waals surface area contributed by atoms with E-state index in [-0.39, 0.29) is 12.5 Å². The maximum absolute atomic E-state index is 10.4. The first-order valence-electron chi connectivity index (χ1n) is 5.10. The molecule has 6 heteroatoms. The summed E-state index contributed by atoms with van der Waals surface area (Å²) in [6.07, 6.45) is 0.736. The second-order valence-corrected chi connectivity index (χ2v) is 3.47. The zero-order valence-corrected chi connectivity index (χ0v) is 9.24. The van der Waals surface area contributed by atoms with Crippen LogP contribution in [0.2, 0.25) is 0 Å². The number of carbonyl (C=O) groups is 1. The lowest BCUT2D eigenvalue weighted by molar-refractivity contribution is -0.402. The van der Waals surface area contributed by atoms with E-state index in [1.165, 1.54) is 12.1 Å². The third-order valence-corrected chi connectivity index (χ3v) is 2.22. The van der Waals surface area contributed by atoms with E-state index in [1.807, 2.05) is 0 Å². The second-order valence-electron chi connectivity index (χ2n) is 3.47. The van der Waals surface area contributed by atoms with Crippen molar-refractivity contribution < 1.29 is 18.9 Å². The van der Waals surface area contributed by atoms with Crippen LogP contribution in [0.15, 0.2) is 40.8 Å². The van der Waals surface area contributed by atoms with Crippen molar-refractivity contribution in [2.75, 3.05) is 0 Å². The summed E-state index contributed by atoms with van der Waals surface area (Å²) in [5.74, 6) is 0.603. The molecule has 1 aromatic carbocycles. The van der Waals surface area contributed by atoms with E-state index in [2.05, 4.69) is 0 Å². The van der Waals surface area contributed by atoms with Crippen LogP contribution in [0.5, 0.6) is 5.75 Å². The summed E-state index contributed by atoms with van der Waals surface area (Å²) in [7, 11) is 0. The Morgan fingerprint density at radius 1 is 1.22 bits per heavy atom. The maximum atomic E-state index is 10.4. The van der Waals surface area contributed by atoms with E-state index in [0.717, 1.165) is 6.29 Å². The van der Waals surface area contributed by atoms with Gasteiger partial charge in [0.2, 0.25) is 0 Å². The number of nitrogens with zero attached hydrogens (tertiary/aromatic N) is 1. The smallest absolute Gasteiger partial charge is 0.433 e. The zero-order valence-electron chi connectivity index (χ0n) is 9.24. The average molecular weight is 247 g/mol. The van der Waals surface area contributed by atoms with E-state index < -0.39 is 4.92 Å². The van der Waals surface area contributed by atoms with Crippen LogP contribution < -0.4 is 4.74 Å². The minimum atomic E-state index is -0.609. The number of hydrogen-bond acceptors (Lipinski definition) is 5. The highest BCUT2D eigenvalue weighted by Gasteiger charge is 2.11. The number of benzene rings is 1. The van der Waals surface area contributed by atoms with E-state index in [0.29, 0.717) is 17.1 Å². The fourth-order valence-electron chi connectivity index (χ4n) is 1.34. The summed E-state index contributed by atoms with van der Waals surface area (Å²) < 4.78 is 10.3. The molecule has 0 atom stereocenters. The van der Waals surface area contributed by atoms with Crippen molar-refractivity contribution in [3.8, 4) is 5.75 Å². The molecule has 2 aromatic rings. The third-order valence-electron chi connectivity index (χ3n) is 2.22. The van der Waals surface area contributed by atoms with Gasteiger partial charge in [-0.05, 0) is 30.3 Å². The molecule has 0 aliphatic heterocycles. The quantitative estimate of drug-likeness (QED) is 0.460. The van der Waals surface area contributed by atoms with E-state index >= 15 is 0 Å². The summed E-state index contributed by atoms with van der Waals surface area (Å²) in [6, 6.07) is 9.27. The number of nitro groups is 1. The van der Waals surface area contributed by atoms with Gasteiger partial charge in [-0.1, -0.05) is 0 Å². The molecule has 0 fully saturated rings. The Kier molecular flexibility index (Phi) is 3.38. The molecule has 0 unspecified atom stereocenters. The van der Waals surface area contributed by atoms with Crippen molar-refractivity contribution in [1.82, 2.24) is 0 Å². The summed E-state index contributed by atoms with van der Waals surface area (Å²) in [5.41, 5.74) is 0.552. The molecule has 1 heterocycles. The lowest BCUT2D eigenvalue weighted by Gasteiger charge is -2.03. The maximum Gasteiger partial charge on any atom is 0.433 e. The van der Waals surface area contributed by atoms with Crippen LogP contribution in [0.4, 0.5) is 5.88 Å². The monoisotopic (exact) mass is 247 g/mol. The topological polar surface area (TPSA) is 82.6 Å². The molecule has 6 nitrogen and oxygen atoms in total. The number of hydrogen-bond donors (Lipinski definition) is 0. The summed E-state index contributed by atoms with van der Waals surface area (Å²) in [4.78, 5) is 20.2. The van der Waals surface area contributed by atoms with Gasteiger partial charge in [0.05, 0.1) is 6.07 Å². The first-order valence-corrected chi connectivity index (χ1v) is 5.10. The van der Waals surface area contributed by atoms with Crippen molar-refractivity contribution in [3.05, 3.63) is 57.8 Å². The Balaban J connectivity index is 1.97. The minimum absolute atomic E-state index is 0.0915. The van der Waals surface area contributed by atoms with E-state index in [1.54, 1.807) is 24.3 Å². The Morgan fingerprint density at radius 2 is 1.94 bits per heavy atom. The average Bonchev–Trinajstić information content (AvgIpc) is 2.86. The molecular formula is C12H9NO5. The number of aldehydes is 1. The molecule has 92 valence electrons. The van der Waals surface area contributed by atoms with Gasteiger partial charge in [0, 0.05) is 5.56 Å². The highest BCUT2D eigenvalue weighted by Crippen LogP contribution is 2.18. The fraction of sp³-hybridized carbons (Fsp3) is 0.0833. The van der Waals surface area contributed by atoms with Gasteiger partial charge in [-0.2, -0.15) is 0 Å². The fourth-order valence-corrected chi connectivity index (χ4v) is 1.34. The Morgan fingerprint density at radius 3 is 2.50 bits per heavy atom. The van der Waals surface area contributed by atoms with Gasteiger partial charge < -0.3 is 9.15 Å². The van der Waals surface area contributed by atoms with Gasteiger partial charge in [0.1, 0.15) is 29.3 Å². The molecule has 0 aliphatic rings. The van der Waals surface area contributed by atoms with Gasteiger partial charge in [0.15, 0.2) is 0 Å². The van der Waals surface area contributed by atoms with Crippen LogP contribution in [0.3, 0.4) is 0 Å². The first kappa shape index (κ1) is 11.8. The number of ether oxygens (including phenoxy) is 1. The molecule has 2 rings (SSSR count). The molecule has 0 spiro atoms. The summed E-state index contributed by atoms with van der Waals surface area (Å²) >= 11 is 0. The normalized spacial score (nSPS) is 10.0. The van der Waals surface area contributed by atoms with Crippen molar-refractivity contribution in [2.45, 2.75) is 6.61 Å². The highest BCUT2D eigenvalue weighted by atomic mass is 16.6. The molecule has 0 bridgehead atoms. The Labute approximate surface area is 102 Å².